The second kappa shape index (κ2) is 8.23. The van der Waals surface area contributed by atoms with Crippen molar-refractivity contribution >= 4 is 11.7 Å². The van der Waals surface area contributed by atoms with Gasteiger partial charge in [0, 0.05) is 5.69 Å². The molecule has 0 radical (unpaired) electrons. The molecule has 1 unspecified atom stereocenters. The molecule has 3 rings (SSSR count). The van der Waals surface area contributed by atoms with E-state index in [0.29, 0.717) is 0 Å². The van der Waals surface area contributed by atoms with Crippen LogP contribution in [0.3, 0.4) is 0 Å². The Morgan fingerprint density at radius 2 is 1.88 bits per heavy atom. The van der Waals surface area contributed by atoms with Gasteiger partial charge in [-0.2, -0.15) is 0 Å². The van der Waals surface area contributed by atoms with E-state index in [1.165, 1.54) is 11.1 Å². The molecule has 2 aromatic carbocycles. The lowest BCUT2D eigenvalue weighted by Crippen LogP contribution is -2.62. The summed E-state index contributed by atoms with van der Waals surface area (Å²) in [5, 5.41) is 10.2. The number of piperidine rings is 1. The van der Waals surface area contributed by atoms with Gasteiger partial charge in [0.25, 0.3) is 0 Å². The van der Waals surface area contributed by atoms with Crippen molar-refractivity contribution < 1.29 is 4.79 Å². The third-order valence-electron chi connectivity index (χ3n) is 5.17. The minimum Gasteiger partial charge on any atom is -0.377 e. The van der Waals surface area contributed by atoms with Crippen LogP contribution in [-0.2, 0) is 6.42 Å². The summed E-state index contributed by atoms with van der Waals surface area (Å²) >= 11 is 0. The number of nitrogens with two attached hydrogens (primary N) is 1. The number of nitrogens with one attached hydrogen (secondary N) is 3. The number of rotatable bonds is 6. The van der Waals surface area contributed by atoms with Gasteiger partial charge < -0.3 is 21.7 Å². The monoisotopic (exact) mass is 352 g/mol. The molecule has 5 N–H and O–H groups in total. The van der Waals surface area contributed by atoms with E-state index in [1.807, 2.05) is 18.2 Å². The second-order valence-corrected chi connectivity index (χ2v) is 7.15. The normalized spacial score (nSPS) is 17.3. The summed E-state index contributed by atoms with van der Waals surface area (Å²) in [6, 6.07) is 18.1. The minimum atomic E-state index is -0.477. The quantitative estimate of drug-likeness (QED) is 0.645. The first-order chi connectivity index (χ1) is 12.6. The highest BCUT2D eigenvalue weighted by Gasteiger charge is 2.40. The van der Waals surface area contributed by atoms with Crippen molar-refractivity contribution in [2.45, 2.75) is 37.8 Å². The maximum atomic E-state index is 11.8. The van der Waals surface area contributed by atoms with Gasteiger partial charge in [-0.25, -0.2) is 4.79 Å². The van der Waals surface area contributed by atoms with Crippen LogP contribution in [0.15, 0.2) is 54.6 Å². The highest BCUT2D eigenvalue weighted by molar-refractivity contribution is 5.72. The van der Waals surface area contributed by atoms with Gasteiger partial charge in [-0.3, -0.25) is 0 Å². The fraction of sp³-hybridized carbons (Fsp3) is 0.381. The molecule has 0 saturated carbocycles. The Hall–Kier alpha value is -2.53. The topological polar surface area (TPSA) is 79.2 Å². The van der Waals surface area contributed by atoms with Crippen LogP contribution in [0.25, 0.3) is 0 Å². The van der Waals surface area contributed by atoms with Crippen molar-refractivity contribution in [2.75, 3.05) is 18.4 Å². The van der Waals surface area contributed by atoms with E-state index in [4.69, 9.17) is 5.73 Å². The number of anilines is 1. The molecule has 0 spiro atoms. The summed E-state index contributed by atoms with van der Waals surface area (Å²) < 4.78 is 0. The van der Waals surface area contributed by atoms with Gasteiger partial charge in [-0.15, -0.1) is 0 Å². The molecular weight excluding hydrogens is 324 g/mol. The van der Waals surface area contributed by atoms with Gasteiger partial charge in [-0.1, -0.05) is 42.5 Å². The van der Waals surface area contributed by atoms with Gasteiger partial charge in [0.15, 0.2) is 0 Å². The molecule has 1 fully saturated rings. The number of amides is 2. The van der Waals surface area contributed by atoms with Gasteiger partial charge >= 0.3 is 6.03 Å². The Bertz CT molecular complexity index is 726. The van der Waals surface area contributed by atoms with Crippen molar-refractivity contribution in [2.24, 2.45) is 5.73 Å². The van der Waals surface area contributed by atoms with Gasteiger partial charge in [0.2, 0.25) is 0 Å². The molecule has 26 heavy (non-hydrogen) atoms. The Balaban J connectivity index is 1.91. The Morgan fingerprint density at radius 1 is 1.15 bits per heavy atom. The lowest BCUT2D eigenvalue weighted by molar-refractivity contribution is 0.222. The highest BCUT2D eigenvalue weighted by Crippen LogP contribution is 2.30. The minimum absolute atomic E-state index is 0.0926. The van der Waals surface area contributed by atoms with E-state index >= 15 is 0 Å². The SMILES string of the molecule is Cc1cccc(NC2(C(Cc3ccccc3)NC(N)=O)CCNCC2)c1. The molecule has 2 aromatic rings. The van der Waals surface area contributed by atoms with Crippen molar-refractivity contribution in [1.29, 1.82) is 0 Å². The van der Waals surface area contributed by atoms with Crippen LogP contribution in [0.1, 0.15) is 24.0 Å². The van der Waals surface area contributed by atoms with E-state index in [2.05, 4.69) is 59.3 Å². The molecule has 5 heteroatoms. The lowest BCUT2D eigenvalue weighted by atomic mass is 9.78. The largest absolute Gasteiger partial charge is 0.377 e. The number of aryl methyl sites for hydroxylation is 1. The summed E-state index contributed by atoms with van der Waals surface area (Å²) in [5.74, 6) is 0. The first-order valence-corrected chi connectivity index (χ1v) is 9.23. The van der Waals surface area contributed by atoms with Crippen molar-refractivity contribution in [1.82, 2.24) is 10.6 Å². The number of hydrogen-bond acceptors (Lipinski definition) is 3. The van der Waals surface area contributed by atoms with Crippen LogP contribution in [0, 0.1) is 6.92 Å². The summed E-state index contributed by atoms with van der Waals surface area (Å²) in [5.41, 5.74) is 8.77. The Morgan fingerprint density at radius 3 is 2.54 bits per heavy atom. The summed E-state index contributed by atoms with van der Waals surface area (Å²) in [6.45, 7) is 3.90. The first kappa shape index (κ1) is 18.3. The highest BCUT2D eigenvalue weighted by atomic mass is 16.2. The zero-order valence-electron chi connectivity index (χ0n) is 15.3. The fourth-order valence-electron chi connectivity index (χ4n) is 3.85. The van der Waals surface area contributed by atoms with Gasteiger partial charge in [0.05, 0.1) is 11.6 Å². The molecule has 1 aliphatic rings. The van der Waals surface area contributed by atoms with Crippen molar-refractivity contribution in [3.8, 4) is 0 Å². The maximum Gasteiger partial charge on any atom is 0.312 e. The van der Waals surface area contributed by atoms with E-state index < -0.39 is 6.03 Å². The predicted molar refractivity (Wildman–Crippen MR) is 106 cm³/mol. The van der Waals surface area contributed by atoms with Crippen LogP contribution in [0.5, 0.6) is 0 Å². The standard InChI is InChI=1S/C21H28N4O/c1-16-6-5-9-18(14-16)25-21(10-12-23-13-11-21)19(24-20(22)26)15-17-7-3-2-4-8-17/h2-9,14,19,23,25H,10-13,15H2,1H3,(H3,22,24,26). The molecule has 1 heterocycles. The van der Waals surface area contributed by atoms with Crippen LogP contribution in [-0.4, -0.2) is 30.7 Å². The van der Waals surface area contributed by atoms with E-state index in [0.717, 1.165) is 38.0 Å². The van der Waals surface area contributed by atoms with Crippen LogP contribution < -0.4 is 21.7 Å². The molecule has 2 amide bonds. The summed E-state index contributed by atoms with van der Waals surface area (Å²) in [4.78, 5) is 11.8. The van der Waals surface area contributed by atoms with Gasteiger partial charge in [-0.05, 0) is 62.5 Å². The average molecular weight is 352 g/mol. The van der Waals surface area contributed by atoms with Crippen molar-refractivity contribution in [3.05, 3.63) is 65.7 Å². The zero-order valence-corrected chi connectivity index (χ0v) is 15.3. The lowest BCUT2D eigenvalue weighted by Gasteiger charge is -2.45. The number of carbonyl (C=O) groups excluding carboxylic acids is 1. The first-order valence-electron chi connectivity index (χ1n) is 9.23. The molecule has 1 aliphatic heterocycles. The molecule has 0 aromatic heterocycles. The maximum absolute atomic E-state index is 11.8. The van der Waals surface area contributed by atoms with Crippen LogP contribution in [0.2, 0.25) is 0 Å². The summed E-state index contributed by atoms with van der Waals surface area (Å²) in [6.07, 6.45) is 2.57. The third-order valence-corrected chi connectivity index (χ3v) is 5.17. The average Bonchev–Trinajstić information content (AvgIpc) is 2.62. The molecular formula is C21H28N4O. The molecule has 1 saturated heterocycles. The Labute approximate surface area is 155 Å². The number of carbonyl (C=O) groups is 1. The predicted octanol–water partition coefficient (Wildman–Crippen LogP) is 2.81. The van der Waals surface area contributed by atoms with E-state index in [1.54, 1.807) is 0 Å². The number of primary amides is 1. The van der Waals surface area contributed by atoms with Crippen LogP contribution >= 0.6 is 0 Å². The smallest absolute Gasteiger partial charge is 0.312 e. The summed E-state index contributed by atoms with van der Waals surface area (Å²) in [7, 11) is 0. The van der Waals surface area contributed by atoms with Crippen LogP contribution in [0.4, 0.5) is 10.5 Å². The Kier molecular flexibility index (Phi) is 5.78. The van der Waals surface area contributed by atoms with Crippen molar-refractivity contribution in [3.63, 3.8) is 0 Å². The molecule has 5 nitrogen and oxygen atoms in total. The van der Waals surface area contributed by atoms with E-state index in [9.17, 15) is 4.79 Å². The zero-order chi connectivity index (χ0) is 18.4. The second-order valence-electron chi connectivity index (χ2n) is 7.15. The fourth-order valence-corrected chi connectivity index (χ4v) is 3.85. The molecule has 1 atom stereocenters. The van der Waals surface area contributed by atoms with Gasteiger partial charge in [0.1, 0.15) is 0 Å². The number of urea groups is 1. The number of benzene rings is 2. The molecule has 0 bridgehead atoms. The number of hydrogen-bond donors (Lipinski definition) is 4. The molecule has 138 valence electrons. The van der Waals surface area contributed by atoms with E-state index in [-0.39, 0.29) is 11.6 Å². The molecule has 0 aliphatic carbocycles. The third kappa shape index (κ3) is 4.55.